The lowest BCUT2D eigenvalue weighted by Gasteiger charge is -2.20. The molecule has 0 aromatic rings. The van der Waals surface area contributed by atoms with Crippen LogP contribution < -0.4 is 0 Å². The van der Waals surface area contributed by atoms with Gasteiger partial charge in [-0.1, -0.05) is 6.08 Å². The highest BCUT2D eigenvalue weighted by Gasteiger charge is 2.41. The van der Waals surface area contributed by atoms with E-state index >= 15 is 0 Å². The summed E-state index contributed by atoms with van der Waals surface area (Å²) in [6, 6.07) is 0. The molecule has 2 atom stereocenters. The minimum Gasteiger partial charge on any atom is -0.466 e. The molecule has 3 heteroatoms. The second-order valence-electron chi connectivity index (χ2n) is 4.34. The van der Waals surface area contributed by atoms with Crippen molar-refractivity contribution in [2.45, 2.75) is 37.9 Å². The van der Waals surface area contributed by atoms with Gasteiger partial charge in [-0.05, 0) is 30.4 Å². The Morgan fingerprint density at radius 3 is 2.87 bits per heavy atom. The van der Waals surface area contributed by atoms with Gasteiger partial charge in [-0.15, -0.1) is 0 Å². The third kappa shape index (κ3) is 1.26. The van der Waals surface area contributed by atoms with Crippen molar-refractivity contribution in [3.63, 3.8) is 0 Å². The van der Waals surface area contributed by atoms with Gasteiger partial charge in [-0.3, -0.25) is 0 Å². The van der Waals surface area contributed by atoms with Crippen molar-refractivity contribution in [2.24, 2.45) is 0 Å². The summed E-state index contributed by atoms with van der Waals surface area (Å²) < 4.78 is 10.6. The second-order valence-corrected chi connectivity index (χ2v) is 4.34. The molecular weight excluding hydrogens is 192 g/mol. The molecule has 3 nitrogen and oxygen atoms in total. The number of rotatable bonds is 1. The van der Waals surface area contributed by atoms with Gasteiger partial charge >= 0.3 is 5.97 Å². The molecule has 0 aromatic heterocycles. The van der Waals surface area contributed by atoms with Gasteiger partial charge in [-0.25, -0.2) is 4.79 Å². The molecule has 3 rings (SSSR count). The average molecular weight is 206 g/mol. The third-order valence-electron chi connectivity index (χ3n) is 3.61. The van der Waals surface area contributed by atoms with E-state index in [0.29, 0.717) is 12.2 Å². The summed E-state index contributed by atoms with van der Waals surface area (Å²) in [6.45, 7) is 0. The highest BCUT2D eigenvalue weighted by molar-refractivity contribution is 5.89. The van der Waals surface area contributed by atoms with Crippen LogP contribution >= 0.6 is 0 Å². The normalized spacial score (nSPS) is 32.7. The van der Waals surface area contributed by atoms with Crippen molar-refractivity contribution in [1.82, 2.24) is 0 Å². The Hall–Kier alpha value is -1.09. The van der Waals surface area contributed by atoms with Crippen molar-refractivity contribution < 1.29 is 14.3 Å². The predicted molar refractivity (Wildman–Crippen MR) is 54.3 cm³/mol. The zero-order valence-electron chi connectivity index (χ0n) is 8.79. The van der Waals surface area contributed by atoms with Crippen LogP contribution in [0.3, 0.4) is 0 Å². The second kappa shape index (κ2) is 3.20. The number of hydrogen-bond donors (Lipinski definition) is 0. The Morgan fingerprint density at radius 1 is 1.40 bits per heavy atom. The number of fused-ring (bicyclic) bond motifs is 4. The first kappa shape index (κ1) is 9.16. The van der Waals surface area contributed by atoms with E-state index in [1.165, 1.54) is 18.3 Å². The van der Waals surface area contributed by atoms with Crippen molar-refractivity contribution in [2.75, 3.05) is 7.11 Å². The van der Waals surface area contributed by atoms with Crippen LogP contribution in [0.25, 0.3) is 0 Å². The molecule has 0 spiro atoms. The van der Waals surface area contributed by atoms with Crippen LogP contribution in [0.4, 0.5) is 0 Å². The largest absolute Gasteiger partial charge is 0.466 e. The van der Waals surface area contributed by atoms with E-state index in [0.717, 1.165) is 31.3 Å². The van der Waals surface area contributed by atoms with E-state index in [1.54, 1.807) is 0 Å². The standard InChI is InChI=1S/C12H14O3/c1-14-12(13)7-2-3-8-9(6-7)11-5-4-10(8)15-11/h2,10-11H,3-6H2,1H3/t10-,11+/m1/s1. The highest BCUT2D eigenvalue weighted by atomic mass is 16.5. The van der Waals surface area contributed by atoms with Gasteiger partial charge in [0.15, 0.2) is 0 Å². The fraction of sp³-hybridized carbons (Fsp3) is 0.583. The Kier molecular flexibility index (Phi) is 1.96. The van der Waals surface area contributed by atoms with Crippen LogP contribution in [0.15, 0.2) is 22.8 Å². The van der Waals surface area contributed by atoms with E-state index in [-0.39, 0.29) is 5.97 Å². The smallest absolute Gasteiger partial charge is 0.333 e. The summed E-state index contributed by atoms with van der Waals surface area (Å²) in [7, 11) is 1.43. The van der Waals surface area contributed by atoms with E-state index in [1.807, 2.05) is 6.08 Å². The Balaban J connectivity index is 1.83. The fourth-order valence-electron chi connectivity index (χ4n) is 2.85. The summed E-state index contributed by atoms with van der Waals surface area (Å²) in [4.78, 5) is 11.4. The lowest BCUT2D eigenvalue weighted by atomic mass is 9.82. The van der Waals surface area contributed by atoms with Crippen molar-refractivity contribution in [3.8, 4) is 0 Å². The molecule has 1 saturated heterocycles. The number of ether oxygens (including phenoxy) is 2. The Bertz CT molecular complexity index is 378. The summed E-state index contributed by atoms with van der Waals surface area (Å²) in [5.41, 5.74) is 3.58. The minimum absolute atomic E-state index is 0.190. The van der Waals surface area contributed by atoms with Gasteiger partial charge in [0.2, 0.25) is 0 Å². The third-order valence-corrected chi connectivity index (χ3v) is 3.61. The number of carbonyl (C=O) groups excluding carboxylic acids is 1. The van der Waals surface area contributed by atoms with Crippen molar-refractivity contribution in [3.05, 3.63) is 22.8 Å². The van der Waals surface area contributed by atoms with Crippen LogP contribution in [-0.2, 0) is 14.3 Å². The Labute approximate surface area is 88.7 Å². The van der Waals surface area contributed by atoms with Gasteiger partial charge in [0, 0.05) is 12.0 Å². The molecule has 2 heterocycles. The summed E-state index contributed by atoms with van der Waals surface area (Å²) in [6.07, 6.45) is 6.53. The lowest BCUT2D eigenvalue weighted by Crippen LogP contribution is -2.16. The fourth-order valence-corrected chi connectivity index (χ4v) is 2.85. The van der Waals surface area contributed by atoms with Crippen LogP contribution in [0, 0.1) is 0 Å². The number of allylic oxidation sites excluding steroid dienone is 1. The molecule has 0 aromatic carbocycles. The SMILES string of the molecule is COC(=O)C1=CCC2=C(C1)[C@@H]1CC[C@H]2O1. The van der Waals surface area contributed by atoms with Crippen LogP contribution in [-0.4, -0.2) is 25.3 Å². The number of esters is 1. The zero-order chi connectivity index (χ0) is 10.4. The molecule has 2 aliphatic heterocycles. The van der Waals surface area contributed by atoms with E-state index in [2.05, 4.69) is 0 Å². The predicted octanol–water partition coefficient (Wildman–Crippen LogP) is 1.74. The first-order valence-electron chi connectivity index (χ1n) is 5.44. The number of carbonyl (C=O) groups is 1. The van der Waals surface area contributed by atoms with Crippen LogP contribution in [0.5, 0.6) is 0 Å². The first-order chi connectivity index (χ1) is 7.29. The van der Waals surface area contributed by atoms with E-state index in [9.17, 15) is 4.79 Å². The molecule has 15 heavy (non-hydrogen) atoms. The molecule has 80 valence electrons. The molecule has 3 aliphatic rings. The molecule has 1 aliphatic carbocycles. The van der Waals surface area contributed by atoms with Gasteiger partial charge in [0.1, 0.15) is 0 Å². The summed E-state index contributed by atoms with van der Waals surface area (Å²) in [5.74, 6) is -0.190. The van der Waals surface area contributed by atoms with Crippen molar-refractivity contribution in [1.29, 1.82) is 0 Å². The Morgan fingerprint density at radius 2 is 2.13 bits per heavy atom. The maximum absolute atomic E-state index is 11.4. The van der Waals surface area contributed by atoms with Gasteiger partial charge < -0.3 is 9.47 Å². The molecule has 0 amide bonds. The van der Waals surface area contributed by atoms with Crippen molar-refractivity contribution >= 4 is 5.97 Å². The highest BCUT2D eigenvalue weighted by Crippen LogP contribution is 2.45. The summed E-state index contributed by atoms with van der Waals surface area (Å²) in [5, 5.41) is 0. The molecule has 0 saturated carbocycles. The lowest BCUT2D eigenvalue weighted by molar-refractivity contribution is -0.136. The van der Waals surface area contributed by atoms with Gasteiger partial charge in [0.25, 0.3) is 0 Å². The monoisotopic (exact) mass is 206 g/mol. The molecular formula is C12H14O3. The summed E-state index contributed by atoms with van der Waals surface area (Å²) >= 11 is 0. The number of methoxy groups -OCH3 is 1. The molecule has 0 radical (unpaired) electrons. The molecule has 0 N–H and O–H groups in total. The quantitative estimate of drug-likeness (QED) is 0.484. The molecule has 2 bridgehead atoms. The average Bonchev–Trinajstić information content (AvgIpc) is 2.88. The van der Waals surface area contributed by atoms with Crippen LogP contribution in [0.2, 0.25) is 0 Å². The van der Waals surface area contributed by atoms with Gasteiger partial charge in [0.05, 0.1) is 19.3 Å². The van der Waals surface area contributed by atoms with E-state index < -0.39 is 0 Å². The maximum Gasteiger partial charge on any atom is 0.333 e. The van der Waals surface area contributed by atoms with Gasteiger partial charge in [-0.2, -0.15) is 0 Å². The van der Waals surface area contributed by atoms with Crippen LogP contribution in [0.1, 0.15) is 25.7 Å². The zero-order valence-corrected chi connectivity index (χ0v) is 8.79. The minimum atomic E-state index is -0.190. The number of hydrogen-bond acceptors (Lipinski definition) is 3. The van der Waals surface area contributed by atoms with E-state index in [4.69, 9.17) is 9.47 Å². The maximum atomic E-state index is 11.4. The molecule has 0 unspecified atom stereocenters. The topological polar surface area (TPSA) is 35.5 Å². The first-order valence-corrected chi connectivity index (χ1v) is 5.44. The molecule has 1 fully saturated rings.